The molecule has 0 saturated heterocycles. The quantitative estimate of drug-likeness (QED) is 0.453. The second kappa shape index (κ2) is 5.45. The summed E-state index contributed by atoms with van der Waals surface area (Å²) in [6.45, 7) is 0. The predicted octanol–water partition coefficient (Wildman–Crippen LogP) is 3.05. The fraction of sp³-hybridized carbons (Fsp3) is 0.316. The third-order valence-electron chi connectivity index (χ3n) is 5.37. The van der Waals surface area contributed by atoms with Gasteiger partial charge in [0.25, 0.3) is 0 Å². The molecule has 1 heterocycles. The fourth-order valence-corrected chi connectivity index (χ4v) is 4.28. The van der Waals surface area contributed by atoms with Crippen LogP contribution in [0.15, 0.2) is 42.5 Å². The summed E-state index contributed by atoms with van der Waals surface area (Å²) in [5.74, 6) is 0.947. The van der Waals surface area contributed by atoms with Gasteiger partial charge in [-0.3, -0.25) is 5.41 Å². The summed E-state index contributed by atoms with van der Waals surface area (Å²) in [4.78, 5) is 0. The number of rotatable bonds is 2. The lowest BCUT2D eigenvalue weighted by Crippen LogP contribution is -2.40. The minimum atomic E-state index is 0.120. The van der Waals surface area contributed by atoms with E-state index in [4.69, 9.17) is 19.0 Å². The van der Waals surface area contributed by atoms with Crippen molar-refractivity contribution in [3.63, 3.8) is 0 Å². The smallest absolute Gasteiger partial charge is 0.122 e. The highest BCUT2D eigenvalue weighted by Gasteiger charge is 2.39. The zero-order chi connectivity index (χ0) is 16.0. The average molecular weight is 301 g/mol. The van der Waals surface area contributed by atoms with Crippen molar-refractivity contribution in [1.82, 2.24) is 0 Å². The van der Waals surface area contributed by atoms with Crippen molar-refractivity contribution < 1.29 is 0 Å². The molecule has 2 aliphatic rings. The highest BCUT2D eigenvalue weighted by atomic mass is 14.9. The number of nitrogens with one attached hydrogen (secondary N) is 2. The lowest BCUT2D eigenvalue weighted by molar-refractivity contribution is 0.357. The SMILES string of the molecule is [B]CC1Nc2ccc(C(=N)N)cc2C2c3ccccc3CCC12. The third-order valence-corrected chi connectivity index (χ3v) is 5.37. The van der Waals surface area contributed by atoms with Crippen molar-refractivity contribution >= 4 is 19.4 Å². The number of hydrogen-bond donors (Lipinski definition) is 3. The number of anilines is 1. The van der Waals surface area contributed by atoms with Gasteiger partial charge < -0.3 is 11.1 Å². The van der Waals surface area contributed by atoms with Gasteiger partial charge in [0.15, 0.2) is 0 Å². The molecule has 4 N–H and O–H groups in total. The molecule has 0 amide bonds. The van der Waals surface area contributed by atoms with E-state index in [1.165, 1.54) is 16.7 Å². The van der Waals surface area contributed by atoms with Crippen molar-refractivity contribution in [1.29, 1.82) is 5.41 Å². The molecule has 2 aromatic carbocycles. The van der Waals surface area contributed by atoms with Crippen molar-refractivity contribution in [3.05, 3.63) is 64.7 Å². The van der Waals surface area contributed by atoms with E-state index >= 15 is 0 Å². The molecule has 1 aliphatic carbocycles. The highest BCUT2D eigenvalue weighted by Crippen LogP contribution is 2.49. The Kier molecular flexibility index (Phi) is 3.40. The molecule has 114 valence electrons. The number of fused-ring (bicyclic) bond motifs is 5. The molecule has 0 spiro atoms. The Hall–Kier alpha value is -2.23. The summed E-state index contributed by atoms with van der Waals surface area (Å²) >= 11 is 0. The summed E-state index contributed by atoms with van der Waals surface area (Å²) in [5.41, 5.74) is 11.7. The number of nitrogen functional groups attached to an aromatic ring is 1. The molecule has 3 unspecified atom stereocenters. The lowest BCUT2D eigenvalue weighted by Gasteiger charge is -2.44. The first kappa shape index (κ1) is 14.4. The summed E-state index contributed by atoms with van der Waals surface area (Å²) < 4.78 is 0. The molecule has 4 rings (SSSR count). The van der Waals surface area contributed by atoms with Crippen molar-refractivity contribution in [2.24, 2.45) is 11.7 Å². The molecule has 0 aromatic heterocycles. The van der Waals surface area contributed by atoms with Gasteiger partial charge in [-0.1, -0.05) is 30.6 Å². The van der Waals surface area contributed by atoms with Crippen LogP contribution in [0.4, 0.5) is 5.69 Å². The topological polar surface area (TPSA) is 61.9 Å². The molecule has 0 fully saturated rings. The van der Waals surface area contributed by atoms with Gasteiger partial charge in [0.05, 0.1) is 7.85 Å². The Balaban J connectivity index is 1.91. The van der Waals surface area contributed by atoms with Crippen molar-refractivity contribution in [2.45, 2.75) is 31.1 Å². The number of nitrogens with two attached hydrogens (primary N) is 1. The van der Waals surface area contributed by atoms with Gasteiger partial charge >= 0.3 is 0 Å². The third kappa shape index (κ3) is 2.24. The molecular formula is C19H20BN3. The molecule has 0 bridgehead atoms. The lowest BCUT2D eigenvalue weighted by atomic mass is 9.65. The Morgan fingerprint density at radius 3 is 2.83 bits per heavy atom. The maximum Gasteiger partial charge on any atom is 0.122 e. The van der Waals surface area contributed by atoms with Gasteiger partial charge in [0.1, 0.15) is 5.84 Å². The minimum absolute atomic E-state index is 0.120. The Morgan fingerprint density at radius 2 is 2.04 bits per heavy atom. The highest BCUT2D eigenvalue weighted by molar-refractivity contribution is 6.09. The van der Waals surface area contributed by atoms with Gasteiger partial charge in [0, 0.05) is 23.2 Å². The number of aryl methyl sites for hydroxylation is 1. The van der Waals surface area contributed by atoms with E-state index in [1.807, 2.05) is 12.1 Å². The van der Waals surface area contributed by atoms with E-state index in [-0.39, 0.29) is 5.84 Å². The van der Waals surface area contributed by atoms with Crippen molar-refractivity contribution in [3.8, 4) is 0 Å². The second-order valence-electron chi connectivity index (χ2n) is 6.58. The van der Waals surface area contributed by atoms with Crippen molar-refractivity contribution in [2.75, 3.05) is 5.32 Å². The summed E-state index contributed by atoms with van der Waals surface area (Å²) in [6, 6.07) is 15.1. The van der Waals surface area contributed by atoms with Crippen LogP contribution in [0, 0.1) is 11.3 Å². The second-order valence-corrected chi connectivity index (χ2v) is 6.58. The van der Waals surface area contributed by atoms with E-state index in [2.05, 4.69) is 35.6 Å². The molecule has 0 saturated carbocycles. The van der Waals surface area contributed by atoms with Crippen LogP contribution in [-0.4, -0.2) is 19.7 Å². The molecule has 3 nitrogen and oxygen atoms in total. The van der Waals surface area contributed by atoms with E-state index < -0.39 is 0 Å². The van der Waals surface area contributed by atoms with Crippen LogP contribution >= 0.6 is 0 Å². The number of amidine groups is 1. The zero-order valence-electron chi connectivity index (χ0n) is 13.0. The van der Waals surface area contributed by atoms with Crippen LogP contribution in [0.5, 0.6) is 0 Å². The van der Waals surface area contributed by atoms with Crippen LogP contribution in [0.25, 0.3) is 0 Å². The zero-order valence-corrected chi connectivity index (χ0v) is 13.0. The monoisotopic (exact) mass is 301 g/mol. The number of benzene rings is 2. The Morgan fingerprint density at radius 1 is 1.22 bits per heavy atom. The largest absolute Gasteiger partial charge is 0.384 e. The molecular weight excluding hydrogens is 281 g/mol. The van der Waals surface area contributed by atoms with E-state index in [0.717, 1.165) is 24.1 Å². The first-order valence-electron chi connectivity index (χ1n) is 8.22. The van der Waals surface area contributed by atoms with Crippen LogP contribution in [0.2, 0.25) is 6.32 Å². The molecule has 2 aromatic rings. The number of hydrogen-bond acceptors (Lipinski definition) is 2. The van der Waals surface area contributed by atoms with Gasteiger partial charge in [-0.25, -0.2) is 0 Å². The van der Waals surface area contributed by atoms with Gasteiger partial charge in [-0.05, 0) is 53.6 Å². The first-order chi connectivity index (χ1) is 11.2. The van der Waals surface area contributed by atoms with E-state index in [1.54, 1.807) is 0 Å². The average Bonchev–Trinajstić information content (AvgIpc) is 2.59. The fourth-order valence-electron chi connectivity index (χ4n) is 4.28. The minimum Gasteiger partial charge on any atom is -0.384 e. The van der Waals surface area contributed by atoms with Gasteiger partial charge in [0.2, 0.25) is 0 Å². The molecule has 23 heavy (non-hydrogen) atoms. The van der Waals surface area contributed by atoms with Gasteiger partial charge in [-0.2, -0.15) is 0 Å². The predicted molar refractivity (Wildman–Crippen MR) is 95.5 cm³/mol. The van der Waals surface area contributed by atoms with Crippen LogP contribution in [0.1, 0.15) is 34.6 Å². The van der Waals surface area contributed by atoms with Crippen LogP contribution in [-0.2, 0) is 6.42 Å². The maximum atomic E-state index is 7.74. The summed E-state index contributed by atoms with van der Waals surface area (Å²) in [7, 11) is 6.05. The van der Waals surface area contributed by atoms with Gasteiger partial charge in [-0.15, -0.1) is 0 Å². The Bertz CT molecular complexity index is 771. The standard InChI is InChI=1S/C19H20BN3/c20-10-17-14-7-5-11-3-1-2-4-13(11)18(14)15-9-12(19(21)22)6-8-16(15)23-17/h1-4,6,8-9,14,17-18,23H,5,7,10H2,(H3,21,22). The molecule has 3 atom stereocenters. The normalized spacial score (nSPS) is 24.8. The Labute approximate surface area is 138 Å². The molecule has 1 aliphatic heterocycles. The van der Waals surface area contributed by atoms with Crippen LogP contribution < -0.4 is 11.1 Å². The molecule has 4 heteroatoms. The van der Waals surface area contributed by atoms with E-state index in [0.29, 0.717) is 24.2 Å². The first-order valence-corrected chi connectivity index (χ1v) is 8.22. The van der Waals surface area contributed by atoms with Crippen LogP contribution in [0.3, 0.4) is 0 Å². The summed E-state index contributed by atoms with van der Waals surface area (Å²) in [6.07, 6.45) is 2.88. The summed E-state index contributed by atoms with van der Waals surface area (Å²) in [5, 5.41) is 11.3. The molecule has 2 radical (unpaired) electrons. The van der Waals surface area contributed by atoms with E-state index in [9.17, 15) is 0 Å². The maximum absolute atomic E-state index is 7.74.